The van der Waals surface area contributed by atoms with Gasteiger partial charge in [-0.25, -0.2) is 0 Å². The lowest BCUT2D eigenvalue weighted by Gasteiger charge is -2.15. The first-order valence-electron chi connectivity index (χ1n) is 7.58. The standard InChI is InChI=1S/C17H23N3O/c1-11-5-4-6-14(11)16-15(17(18)20(2)19-16)12-7-9-13(21-3)10-8-12/h7-11,14H,4-6,18H2,1-3H3. The van der Waals surface area contributed by atoms with Gasteiger partial charge in [0.15, 0.2) is 0 Å². The van der Waals surface area contributed by atoms with Gasteiger partial charge in [0.1, 0.15) is 11.6 Å². The van der Waals surface area contributed by atoms with Crippen LogP contribution in [0.4, 0.5) is 5.82 Å². The Morgan fingerprint density at radius 2 is 1.95 bits per heavy atom. The summed E-state index contributed by atoms with van der Waals surface area (Å²) in [6, 6.07) is 8.08. The molecule has 0 spiro atoms. The van der Waals surface area contributed by atoms with Crippen molar-refractivity contribution in [2.75, 3.05) is 12.8 Å². The Hall–Kier alpha value is -1.97. The Kier molecular flexibility index (Phi) is 3.62. The van der Waals surface area contributed by atoms with E-state index in [0.29, 0.717) is 11.8 Å². The predicted octanol–water partition coefficient (Wildman–Crippen LogP) is 3.58. The Bertz CT molecular complexity index is 630. The topological polar surface area (TPSA) is 53.1 Å². The lowest BCUT2D eigenvalue weighted by Crippen LogP contribution is -2.05. The fraction of sp³-hybridized carbons (Fsp3) is 0.471. The fourth-order valence-electron chi connectivity index (χ4n) is 3.42. The molecule has 1 heterocycles. The summed E-state index contributed by atoms with van der Waals surface area (Å²) in [4.78, 5) is 0. The van der Waals surface area contributed by atoms with Crippen molar-refractivity contribution in [1.29, 1.82) is 0 Å². The third-order valence-corrected chi connectivity index (χ3v) is 4.71. The Morgan fingerprint density at radius 3 is 2.52 bits per heavy atom. The summed E-state index contributed by atoms with van der Waals surface area (Å²) in [6.07, 6.45) is 3.77. The minimum atomic E-state index is 0.519. The summed E-state index contributed by atoms with van der Waals surface area (Å²) in [5.74, 6) is 2.80. The van der Waals surface area contributed by atoms with Crippen LogP contribution >= 0.6 is 0 Å². The molecular weight excluding hydrogens is 262 g/mol. The highest BCUT2D eigenvalue weighted by Gasteiger charge is 2.31. The number of benzene rings is 1. The van der Waals surface area contributed by atoms with Gasteiger partial charge in [-0.15, -0.1) is 0 Å². The van der Waals surface area contributed by atoms with E-state index >= 15 is 0 Å². The van der Waals surface area contributed by atoms with Crippen molar-refractivity contribution < 1.29 is 4.74 Å². The summed E-state index contributed by atoms with van der Waals surface area (Å²) < 4.78 is 7.04. The number of ether oxygens (including phenoxy) is 1. The number of hydrogen-bond acceptors (Lipinski definition) is 3. The largest absolute Gasteiger partial charge is 0.497 e. The lowest BCUT2D eigenvalue weighted by molar-refractivity contribution is 0.415. The van der Waals surface area contributed by atoms with Gasteiger partial charge >= 0.3 is 0 Å². The lowest BCUT2D eigenvalue weighted by atomic mass is 9.90. The van der Waals surface area contributed by atoms with E-state index in [1.54, 1.807) is 11.8 Å². The second kappa shape index (κ2) is 5.43. The predicted molar refractivity (Wildman–Crippen MR) is 85.4 cm³/mol. The zero-order valence-electron chi connectivity index (χ0n) is 13.0. The van der Waals surface area contributed by atoms with Gasteiger partial charge in [0.05, 0.1) is 12.8 Å². The molecule has 4 heteroatoms. The van der Waals surface area contributed by atoms with Gasteiger partial charge in [0.25, 0.3) is 0 Å². The van der Waals surface area contributed by atoms with Crippen LogP contribution in [0.15, 0.2) is 24.3 Å². The SMILES string of the molecule is COc1ccc(-c2c(C3CCCC3C)nn(C)c2N)cc1. The Labute approximate surface area is 125 Å². The van der Waals surface area contributed by atoms with Crippen molar-refractivity contribution in [2.24, 2.45) is 13.0 Å². The molecule has 4 nitrogen and oxygen atoms in total. The zero-order valence-corrected chi connectivity index (χ0v) is 13.0. The first kappa shape index (κ1) is 14.0. The molecule has 3 rings (SSSR count). The molecule has 2 aromatic rings. The molecule has 1 aromatic carbocycles. The van der Waals surface area contributed by atoms with E-state index in [4.69, 9.17) is 15.6 Å². The van der Waals surface area contributed by atoms with Crippen molar-refractivity contribution >= 4 is 5.82 Å². The van der Waals surface area contributed by atoms with Crippen molar-refractivity contribution in [3.05, 3.63) is 30.0 Å². The van der Waals surface area contributed by atoms with Gasteiger partial charge in [-0.3, -0.25) is 4.68 Å². The van der Waals surface area contributed by atoms with Gasteiger partial charge in [-0.2, -0.15) is 5.10 Å². The van der Waals surface area contributed by atoms with Gasteiger partial charge in [0.2, 0.25) is 0 Å². The molecule has 21 heavy (non-hydrogen) atoms. The zero-order chi connectivity index (χ0) is 15.0. The second-order valence-electron chi connectivity index (χ2n) is 6.01. The number of aryl methyl sites for hydroxylation is 1. The molecule has 2 atom stereocenters. The van der Waals surface area contributed by atoms with E-state index < -0.39 is 0 Å². The minimum Gasteiger partial charge on any atom is -0.497 e. The number of hydrogen-bond donors (Lipinski definition) is 1. The molecule has 0 aliphatic heterocycles. The molecule has 1 saturated carbocycles. The van der Waals surface area contributed by atoms with E-state index in [0.717, 1.165) is 28.4 Å². The molecule has 2 N–H and O–H groups in total. The Morgan fingerprint density at radius 1 is 1.24 bits per heavy atom. The number of rotatable bonds is 3. The van der Waals surface area contributed by atoms with E-state index in [9.17, 15) is 0 Å². The molecule has 1 aliphatic rings. The number of nitrogens with zero attached hydrogens (tertiary/aromatic N) is 2. The summed E-state index contributed by atoms with van der Waals surface area (Å²) in [7, 11) is 3.60. The van der Waals surface area contributed by atoms with Crippen molar-refractivity contribution in [3.63, 3.8) is 0 Å². The monoisotopic (exact) mass is 285 g/mol. The number of nitrogens with two attached hydrogens (primary N) is 1. The average molecular weight is 285 g/mol. The maximum atomic E-state index is 6.29. The molecule has 112 valence electrons. The summed E-state index contributed by atoms with van der Waals surface area (Å²) in [5.41, 5.74) is 9.66. The molecule has 2 unspecified atom stereocenters. The van der Waals surface area contributed by atoms with Crippen molar-refractivity contribution in [1.82, 2.24) is 9.78 Å². The number of methoxy groups -OCH3 is 1. The minimum absolute atomic E-state index is 0.519. The van der Waals surface area contributed by atoms with Crippen LogP contribution in [-0.4, -0.2) is 16.9 Å². The number of nitrogen functional groups attached to an aromatic ring is 1. The summed E-state index contributed by atoms with van der Waals surface area (Å²) in [6.45, 7) is 2.32. The molecule has 1 fully saturated rings. The molecule has 0 saturated heterocycles. The molecule has 0 bridgehead atoms. The van der Waals surface area contributed by atoms with Gasteiger partial charge < -0.3 is 10.5 Å². The van der Waals surface area contributed by atoms with Crippen molar-refractivity contribution in [2.45, 2.75) is 32.1 Å². The first-order chi connectivity index (χ1) is 10.1. The second-order valence-corrected chi connectivity index (χ2v) is 6.01. The molecular formula is C17H23N3O. The van der Waals surface area contributed by atoms with Crippen LogP contribution in [0, 0.1) is 5.92 Å². The molecule has 0 amide bonds. The van der Waals surface area contributed by atoms with Crippen LogP contribution in [0.5, 0.6) is 5.75 Å². The van der Waals surface area contributed by atoms with Gasteiger partial charge in [-0.05, 0) is 30.0 Å². The van der Waals surface area contributed by atoms with Crippen LogP contribution in [0.25, 0.3) is 11.1 Å². The first-order valence-corrected chi connectivity index (χ1v) is 7.58. The molecule has 0 radical (unpaired) electrons. The average Bonchev–Trinajstić information content (AvgIpc) is 3.04. The van der Waals surface area contributed by atoms with E-state index in [2.05, 4.69) is 19.1 Å². The summed E-state index contributed by atoms with van der Waals surface area (Å²) in [5, 5.41) is 4.72. The number of anilines is 1. The highest BCUT2D eigenvalue weighted by atomic mass is 16.5. The molecule has 1 aliphatic carbocycles. The van der Waals surface area contributed by atoms with E-state index in [-0.39, 0.29) is 0 Å². The van der Waals surface area contributed by atoms with Crippen LogP contribution in [0.3, 0.4) is 0 Å². The smallest absolute Gasteiger partial charge is 0.129 e. The highest BCUT2D eigenvalue weighted by molar-refractivity contribution is 5.77. The van der Waals surface area contributed by atoms with Crippen molar-refractivity contribution in [3.8, 4) is 16.9 Å². The van der Waals surface area contributed by atoms with Gasteiger partial charge in [0, 0.05) is 18.5 Å². The number of aromatic nitrogens is 2. The maximum absolute atomic E-state index is 6.29. The van der Waals surface area contributed by atoms with Crippen LogP contribution in [-0.2, 0) is 7.05 Å². The van der Waals surface area contributed by atoms with Crippen LogP contribution in [0.2, 0.25) is 0 Å². The Balaban J connectivity index is 2.07. The van der Waals surface area contributed by atoms with Gasteiger partial charge in [-0.1, -0.05) is 31.9 Å². The quantitative estimate of drug-likeness (QED) is 0.937. The normalized spacial score (nSPS) is 21.7. The fourth-order valence-corrected chi connectivity index (χ4v) is 3.42. The summed E-state index contributed by atoms with van der Waals surface area (Å²) >= 11 is 0. The van der Waals surface area contributed by atoms with E-state index in [1.807, 2.05) is 19.2 Å². The third kappa shape index (κ3) is 2.39. The van der Waals surface area contributed by atoms with E-state index in [1.165, 1.54) is 19.3 Å². The highest BCUT2D eigenvalue weighted by Crippen LogP contribution is 2.44. The van der Waals surface area contributed by atoms with Crippen LogP contribution < -0.4 is 10.5 Å². The van der Waals surface area contributed by atoms with Crippen LogP contribution in [0.1, 0.15) is 37.8 Å². The molecule has 1 aromatic heterocycles. The maximum Gasteiger partial charge on any atom is 0.129 e. The third-order valence-electron chi connectivity index (χ3n) is 4.71.